The number of carbonyl (C=O) groups is 2. The Labute approximate surface area is 132 Å². The number of hydrogen-bond acceptors (Lipinski definition) is 3. The van der Waals surface area contributed by atoms with E-state index in [2.05, 4.69) is 21.2 Å². The first-order valence-corrected chi connectivity index (χ1v) is 7.46. The molecule has 0 aliphatic carbocycles. The number of anilines is 1. The van der Waals surface area contributed by atoms with Gasteiger partial charge in [-0.3, -0.25) is 0 Å². The van der Waals surface area contributed by atoms with Crippen LogP contribution in [0.25, 0.3) is 0 Å². The topological polar surface area (TPSA) is 78.9 Å². The number of urea groups is 1. The Morgan fingerprint density at radius 1 is 1.38 bits per heavy atom. The van der Waals surface area contributed by atoms with Crippen molar-refractivity contribution in [1.82, 2.24) is 4.90 Å². The first-order valence-electron chi connectivity index (χ1n) is 6.66. The van der Waals surface area contributed by atoms with E-state index in [-0.39, 0.29) is 17.3 Å². The lowest BCUT2D eigenvalue weighted by Gasteiger charge is -2.22. The number of rotatable bonds is 7. The number of likely N-dealkylation sites (N-methyl/N-ethyl adjacent to an activating group) is 1. The highest BCUT2D eigenvalue weighted by Gasteiger charge is 2.18. The van der Waals surface area contributed by atoms with E-state index in [4.69, 9.17) is 9.84 Å². The summed E-state index contributed by atoms with van der Waals surface area (Å²) in [6.45, 7) is 5.72. The quantitative estimate of drug-likeness (QED) is 0.734. The number of aromatic carboxylic acids is 1. The van der Waals surface area contributed by atoms with E-state index in [0.29, 0.717) is 30.8 Å². The molecule has 0 aliphatic rings. The number of carboxylic acid groups (broad SMARTS) is 1. The molecule has 0 saturated heterocycles. The summed E-state index contributed by atoms with van der Waals surface area (Å²) >= 11 is 3.26. The van der Waals surface area contributed by atoms with Gasteiger partial charge >= 0.3 is 12.0 Å². The van der Waals surface area contributed by atoms with Gasteiger partial charge in [-0.2, -0.15) is 0 Å². The fraction of sp³-hybridized carbons (Fsp3) is 0.429. The third-order valence-corrected chi connectivity index (χ3v) is 3.52. The largest absolute Gasteiger partial charge is 0.478 e. The first-order chi connectivity index (χ1) is 10.0. The molecule has 0 bridgehead atoms. The third kappa shape index (κ3) is 5.02. The zero-order chi connectivity index (χ0) is 15.8. The summed E-state index contributed by atoms with van der Waals surface area (Å²) in [6, 6.07) is 4.37. The van der Waals surface area contributed by atoms with Crippen LogP contribution in [0.1, 0.15) is 24.2 Å². The molecule has 116 valence electrons. The van der Waals surface area contributed by atoms with Crippen molar-refractivity contribution in [2.24, 2.45) is 0 Å². The molecule has 2 N–H and O–H groups in total. The Morgan fingerprint density at radius 3 is 2.67 bits per heavy atom. The summed E-state index contributed by atoms with van der Waals surface area (Å²) in [4.78, 5) is 25.0. The molecule has 6 nitrogen and oxygen atoms in total. The van der Waals surface area contributed by atoms with E-state index in [1.54, 1.807) is 17.0 Å². The number of carbonyl (C=O) groups excluding carboxylic acids is 1. The summed E-state index contributed by atoms with van der Waals surface area (Å²) in [5.41, 5.74) is 0.295. The van der Waals surface area contributed by atoms with E-state index < -0.39 is 5.97 Å². The maximum absolute atomic E-state index is 12.2. The lowest BCUT2D eigenvalue weighted by molar-refractivity contribution is 0.0698. The maximum Gasteiger partial charge on any atom is 0.337 e. The lowest BCUT2D eigenvalue weighted by atomic mass is 10.2. The molecule has 0 radical (unpaired) electrons. The monoisotopic (exact) mass is 358 g/mol. The van der Waals surface area contributed by atoms with E-state index in [1.807, 2.05) is 13.8 Å². The summed E-state index contributed by atoms with van der Waals surface area (Å²) in [7, 11) is 0. The van der Waals surface area contributed by atoms with Crippen molar-refractivity contribution >= 4 is 33.6 Å². The molecule has 1 aromatic rings. The number of para-hydroxylation sites is 1. The van der Waals surface area contributed by atoms with Gasteiger partial charge in [-0.05, 0) is 41.9 Å². The summed E-state index contributed by atoms with van der Waals surface area (Å²) in [5, 5.41) is 11.8. The molecule has 0 atom stereocenters. The predicted molar refractivity (Wildman–Crippen MR) is 83.9 cm³/mol. The highest BCUT2D eigenvalue weighted by atomic mass is 79.9. The van der Waals surface area contributed by atoms with Gasteiger partial charge in [0.2, 0.25) is 0 Å². The van der Waals surface area contributed by atoms with Gasteiger partial charge in [0.15, 0.2) is 0 Å². The Balaban J connectivity index is 2.84. The number of nitrogens with one attached hydrogen (secondary N) is 1. The highest BCUT2D eigenvalue weighted by molar-refractivity contribution is 9.10. The minimum atomic E-state index is -1.09. The molecule has 0 spiro atoms. The van der Waals surface area contributed by atoms with Crippen LogP contribution in [-0.2, 0) is 4.74 Å². The molecule has 0 aliphatic heterocycles. The van der Waals surface area contributed by atoms with Crippen LogP contribution < -0.4 is 5.32 Å². The molecule has 7 heteroatoms. The van der Waals surface area contributed by atoms with Crippen molar-refractivity contribution in [2.75, 3.05) is 31.6 Å². The van der Waals surface area contributed by atoms with E-state index in [1.165, 1.54) is 6.07 Å². The van der Waals surface area contributed by atoms with Gasteiger partial charge in [-0.15, -0.1) is 0 Å². The van der Waals surface area contributed by atoms with Crippen molar-refractivity contribution in [3.63, 3.8) is 0 Å². The molecule has 1 rings (SSSR count). The number of halogens is 1. The van der Waals surface area contributed by atoms with Crippen LogP contribution in [0.3, 0.4) is 0 Å². The van der Waals surface area contributed by atoms with E-state index in [9.17, 15) is 9.59 Å². The SMILES string of the molecule is CCOCCN(CC)C(=O)Nc1c(Br)cccc1C(=O)O. The molecule has 21 heavy (non-hydrogen) atoms. The van der Waals surface area contributed by atoms with Crippen molar-refractivity contribution < 1.29 is 19.4 Å². The summed E-state index contributed by atoms with van der Waals surface area (Å²) in [6.07, 6.45) is 0. The Kier molecular flexibility index (Phi) is 7.18. The number of benzene rings is 1. The number of nitrogens with zero attached hydrogens (tertiary/aromatic N) is 1. The van der Waals surface area contributed by atoms with Crippen molar-refractivity contribution in [3.8, 4) is 0 Å². The van der Waals surface area contributed by atoms with Crippen LogP contribution in [0, 0.1) is 0 Å². The molecule has 0 saturated carbocycles. The van der Waals surface area contributed by atoms with Gasteiger partial charge in [-0.25, -0.2) is 9.59 Å². The van der Waals surface area contributed by atoms with Crippen LogP contribution in [0.4, 0.5) is 10.5 Å². The second-order valence-electron chi connectivity index (χ2n) is 4.17. The van der Waals surface area contributed by atoms with Gasteiger partial charge in [-0.1, -0.05) is 6.07 Å². The number of carboxylic acids is 1. The molecule has 0 unspecified atom stereocenters. The molecule has 1 aromatic carbocycles. The summed E-state index contributed by atoms with van der Waals surface area (Å²) < 4.78 is 5.75. The second-order valence-corrected chi connectivity index (χ2v) is 5.03. The van der Waals surface area contributed by atoms with E-state index >= 15 is 0 Å². The average molecular weight is 359 g/mol. The zero-order valence-electron chi connectivity index (χ0n) is 12.1. The molecular weight excluding hydrogens is 340 g/mol. The van der Waals surface area contributed by atoms with Crippen molar-refractivity contribution in [2.45, 2.75) is 13.8 Å². The number of hydrogen-bond donors (Lipinski definition) is 2. The van der Waals surface area contributed by atoms with Gasteiger partial charge in [0.25, 0.3) is 0 Å². The molecule has 0 heterocycles. The third-order valence-electron chi connectivity index (χ3n) is 2.85. The average Bonchev–Trinajstić information content (AvgIpc) is 2.45. The number of ether oxygens (including phenoxy) is 1. The van der Waals surface area contributed by atoms with Crippen molar-refractivity contribution in [3.05, 3.63) is 28.2 Å². The van der Waals surface area contributed by atoms with Crippen LogP contribution >= 0.6 is 15.9 Å². The smallest absolute Gasteiger partial charge is 0.337 e. The normalized spacial score (nSPS) is 10.2. The second kappa shape index (κ2) is 8.63. The van der Waals surface area contributed by atoms with Crippen LogP contribution in [-0.4, -0.2) is 48.3 Å². The van der Waals surface area contributed by atoms with Crippen LogP contribution in [0.15, 0.2) is 22.7 Å². The van der Waals surface area contributed by atoms with Gasteiger partial charge in [0.05, 0.1) is 17.9 Å². The zero-order valence-corrected chi connectivity index (χ0v) is 13.6. The first kappa shape index (κ1) is 17.5. The van der Waals surface area contributed by atoms with Gasteiger partial charge in [0.1, 0.15) is 0 Å². The van der Waals surface area contributed by atoms with Gasteiger partial charge in [0, 0.05) is 24.2 Å². The Bertz CT molecular complexity index is 508. The Hall–Kier alpha value is -1.60. The molecule has 0 aromatic heterocycles. The molecular formula is C14H19BrN2O4. The standard InChI is InChI=1S/C14H19BrN2O4/c1-3-17(8-9-21-4-2)14(20)16-12-10(13(18)19)6-5-7-11(12)15/h5-7H,3-4,8-9H2,1-2H3,(H,16,20)(H,18,19). The minimum Gasteiger partial charge on any atom is -0.478 e. The molecule has 0 fully saturated rings. The minimum absolute atomic E-state index is 0.0404. The maximum atomic E-state index is 12.2. The van der Waals surface area contributed by atoms with Crippen molar-refractivity contribution in [1.29, 1.82) is 0 Å². The fourth-order valence-corrected chi connectivity index (χ4v) is 2.20. The predicted octanol–water partition coefficient (Wildman–Crippen LogP) is 3.04. The van der Waals surface area contributed by atoms with E-state index in [0.717, 1.165) is 0 Å². The highest BCUT2D eigenvalue weighted by Crippen LogP contribution is 2.26. The lowest BCUT2D eigenvalue weighted by Crippen LogP contribution is -2.37. The van der Waals surface area contributed by atoms with Crippen LogP contribution in [0.2, 0.25) is 0 Å². The Morgan fingerprint density at radius 2 is 2.10 bits per heavy atom. The van der Waals surface area contributed by atoms with Crippen LogP contribution in [0.5, 0.6) is 0 Å². The summed E-state index contributed by atoms with van der Waals surface area (Å²) in [5.74, 6) is -1.09. The fourth-order valence-electron chi connectivity index (χ4n) is 1.74. The number of amides is 2. The van der Waals surface area contributed by atoms with Gasteiger partial charge < -0.3 is 20.1 Å². The molecule has 2 amide bonds.